The van der Waals surface area contributed by atoms with Crippen LogP contribution in [0.2, 0.25) is 0 Å². The minimum absolute atomic E-state index is 0.0758. The fraction of sp³-hybridized carbons (Fsp3) is 0.0800. The van der Waals surface area contributed by atoms with Crippen molar-refractivity contribution in [3.63, 3.8) is 0 Å². The second kappa shape index (κ2) is 7.12. The Balaban J connectivity index is 1.51. The molecular weight excluding hydrogens is 378 g/mol. The molecule has 5 nitrogen and oxygen atoms in total. The summed E-state index contributed by atoms with van der Waals surface area (Å²) in [7, 11) is 0. The number of aryl methyl sites for hydroxylation is 2. The predicted molar refractivity (Wildman–Crippen MR) is 115 cm³/mol. The number of carbonyl (C=O) groups excluding carboxylic acids is 1. The number of rotatable bonds is 4. The van der Waals surface area contributed by atoms with E-state index in [2.05, 4.69) is 22.8 Å². The van der Waals surface area contributed by atoms with Gasteiger partial charge in [-0.15, -0.1) is 0 Å². The quantitative estimate of drug-likeness (QED) is 0.480. The number of ketones is 1. The Morgan fingerprint density at radius 2 is 1.73 bits per heavy atom. The topological polar surface area (TPSA) is 71.7 Å². The zero-order valence-electron chi connectivity index (χ0n) is 16.1. The molecule has 5 rings (SSSR count). The summed E-state index contributed by atoms with van der Waals surface area (Å²) < 4.78 is 7.83. The van der Waals surface area contributed by atoms with Gasteiger partial charge < -0.3 is 19.5 Å². The Labute approximate surface area is 173 Å². The van der Waals surface area contributed by atoms with E-state index in [9.17, 15) is 15.0 Å². The molecule has 5 heteroatoms. The van der Waals surface area contributed by atoms with Crippen LogP contribution in [0.15, 0.2) is 78.7 Å². The Hall–Kier alpha value is -3.99. The fourth-order valence-electron chi connectivity index (χ4n) is 3.89. The fourth-order valence-corrected chi connectivity index (χ4v) is 3.89. The Kier molecular flexibility index (Phi) is 4.29. The van der Waals surface area contributed by atoms with E-state index in [0.29, 0.717) is 0 Å². The predicted octanol–water partition coefficient (Wildman–Crippen LogP) is 4.91. The molecule has 1 aromatic heterocycles. The summed E-state index contributed by atoms with van der Waals surface area (Å²) in [5.74, 6) is -0.557. The molecule has 0 amide bonds. The van der Waals surface area contributed by atoms with Crippen LogP contribution >= 0.6 is 0 Å². The number of carbonyl (C=O) groups is 1. The third-order valence-electron chi connectivity index (χ3n) is 5.33. The van der Waals surface area contributed by atoms with Gasteiger partial charge in [0.2, 0.25) is 5.78 Å². The zero-order valence-corrected chi connectivity index (χ0v) is 16.1. The molecular formula is C25H19NO4. The van der Waals surface area contributed by atoms with Crippen LogP contribution in [0.25, 0.3) is 17.0 Å². The summed E-state index contributed by atoms with van der Waals surface area (Å²) in [6.45, 7) is 0.803. The molecule has 0 unspecified atom stereocenters. The number of phenols is 2. The smallest absolute Gasteiger partial charge is 0.235 e. The number of nitrogens with zero attached hydrogens (tertiary/aromatic N) is 1. The normalized spacial score (nSPS) is 14.3. The Bertz CT molecular complexity index is 1300. The highest BCUT2D eigenvalue weighted by Crippen LogP contribution is 2.41. The third kappa shape index (κ3) is 3.10. The van der Waals surface area contributed by atoms with Crippen molar-refractivity contribution in [2.75, 3.05) is 0 Å². The highest BCUT2D eigenvalue weighted by Gasteiger charge is 2.31. The first-order valence-corrected chi connectivity index (χ1v) is 9.72. The van der Waals surface area contributed by atoms with Crippen molar-refractivity contribution in [1.29, 1.82) is 0 Å². The molecule has 2 N–H and O–H groups in total. The van der Waals surface area contributed by atoms with Gasteiger partial charge in [-0.3, -0.25) is 4.79 Å². The molecule has 0 saturated carbocycles. The van der Waals surface area contributed by atoms with Crippen LogP contribution in [0.3, 0.4) is 0 Å². The molecule has 0 radical (unpaired) electrons. The van der Waals surface area contributed by atoms with Crippen LogP contribution in [-0.2, 0) is 13.0 Å². The van der Waals surface area contributed by atoms with E-state index in [-0.39, 0.29) is 28.6 Å². The van der Waals surface area contributed by atoms with Gasteiger partial charge >= 0.3 is 0 Å². The van der Waals surface area contributed by atoms with Crippen LogP contribution < -0.4 is 4.74 Å². The molecule has 0 spiro atoms. The number of aromatic hydroxyl groups is 2. The molecule has 0 saturated heterocycles. The molecule has 148 valence electrons. The summed E-state index contributed by atoms with van der Waals surface area (Å²) in [5, 5.41) is 20.7. The van der Waals surface area contributed by atoms with Gasteiger partial charge in [0, 0.05) is 41.3 Å². The lowest BCUT2D eigenvalue weighted by molar-refractivity contribution is 0.101. The highest BCUT2D eigenvalue weighted by molar-refractivity contribution is 6.16. The van der Waals surface area contributed by atoms with Crippen molar-refractivity contribution >= 4 is 22.8 Å². The van der Waals surface area contributed by atoms with E-state index in [1.807, 2.05) is 42.6 Å². The van der Waals surface area contributed by atoms with Crippen molar-refractivity contribution in [3.05, 3.63) is 95.4 Å². The number of phenolic OH excluding ortho intramolecular Hbond substituents is 2. The van der Waals surface area contributed by atoms with Crippen molar-refractivity contribution < 1.29 is 19.7 Å². The first kappa shape index (κ1) is 18.1. The lowest BCUT2D eigenvalue weighted by atomic mass is 10.1. The molecule has 0 fully saturated rings. The number of ether oxygens (including phenoxy) is 1. The number of allylic oxidation sites excluding steroid dienone is 1. The van der Waals surface area contributed by atoms with Crippen molar-refractivity contribution in [3.8, 4) is 17.2 Å². The van der Waals surface area contributed by atoms with Gasteiger partial charge in [-0.1, -0.05) is 48.5 Å². The molecule has 1 aliphatic rings. The summed E-state index contributed by atoms with van der Waals surface area (Å²) >= 11 is 0. The number of aromatic nitrogens is 1. The monoisotopic (exact) mass is 397 g/mol. The average molecular weight is 397 g/mol. The molecule has 4 aromatic rings. The van der Waals surface area contributed by atoms with E-state index in [0.717, 1.165) is 35.5 Å². The lowest BCUT2D eigenvalue weighted by Crippen LogP contribution is -2.00. The maximum atomic E-state index is 12.7. The number of Topliss-reactive ketones (excluding diaryl/α,β-unsaturated/α-hetero) is 1. The van der Waals surface area contributed by atoms with Crippen molar-refractivity contribution in [2.24, 2.45) is 0 Å². The summed E-state index contributed by atoms with van der Waals surface area (Å²) in [4.78, 5) is 12.7. The lowest BCUT2D eigenvalue weighted by Gasteiger charge is -2.05. The number of hydrogen-bond donors (Lipinski definition) is 2. The van der Waals surface area contributed by atoms with Crippen LogP contribution in [0.1, 0.15) is 21.5 Å². The standard InChI is InChI=1S/C25H19NO4/c27-18-13-21(28)24-22(14-18)30-23(25(24)29)12-17-15-26(20-9-5-4-8-19(17)20)11-10-16-6-2-1-3-7-16/h1-9,12-15,27-28H,10-11H2/b23-12-. The molecule has 0 aliphatic carbocycles. The molecule has 0 atom stereocenters. The zero-order chi connectivity index (χ0) is 20.7. The first-order valence-electron chi connectivity index (χ1n) is 9.72. The van der Waals surface area contributed by atoms with Gasteiger partial charge in [0.25, 0.3) is 0 Å². The number of hydrogen-bond acceptors (Lipinski definition) is 4. The highest BCUT2D eigenvalue weighted by atomic mass is 16.5. The van der Waals surface area contributed by atoms with Crippen LogP contribution in [0, 0.1) is 0 Å². The van der Waals surface area contributed by atoms with E-state index in [4.69, 9.17) is 4.74 Å². The first-order chi connectivity index (χ1) is 14.6. The van der Waals surface area contributed by atoms with Gasteiger partial charge in [0.1, 0.15) is 22.8 Å². The maximum absolute atomic E-state index is 12.7. The van der Waals surface area contributed by atoms with E-state index < -0.39 is 5.78 Å². The van der Waals surface area contributed by atoms with Crippen LogP contribution in [-0.4, -0.2) is 20.6 Å². The van der Waals surface area contributed by atoms with Gasteiger partial charge in [0.05, 0.1) is 0 Å². The molecule has 30 heavy (non-hydrogen) atoms. The van der Waals surface area contributed by atoms with Gasteiger partial charge in [0.15, 0.2) is 5.76 Å². The molecule has 0 bridgehead atoms. The van der Waals surface area contributed by atoms with Crippen LogP contribution in [0.5, 0.6) is 17.2 Å². The van der Waals surface area contributed by atoms with E-state index in [1.54, 1.807) is 6.08 Å². The van der Waals surface area contributed by atoms with Gasteiger partial charge in [-0.25, -0.2) is 0 Å². The minimum atomic E-state index is -0.399. The molecule has 2 heterocycles. The average Bonchev–Trinajstić information content (AvgIpc) is 3.25. The molecule has 3 aromatic carbocycles. The van der Waals surface area contributed by atoms with Gasteiger partial charge in [-0.2, -0.15) is 0 Å². The Morgan fingerprint density at radius 1 is 0.967 bits per heavy atom. The Morgan fingerprint density at radius 3 is 2.57 bits per heavy atom. The van der Waals surface area contributed by atoms with Crippen LogP contribution in [0.4, 0.5) is 0 Å². The van der Waals surface area contributed by atoms with E-state index in [1.165, 1.54) is 11.6 Å². The van der Waals surface area contributed by atoms with Gasteiger partial charge in [-0.05, 0) is 24.1 Å². The SMILES string of the molecule is O=C1/C(=C/c2cn(CCc3ccccc3)c3ccccc23)Oc2cc(O)cc(O)c21. The number of fused-ring (bicyclic) bond motifs is 2. The molecule has 1 aliphatic heterocycles. The van der Waals surface area contributed by atoms with E-state index >= 15 is 0 Å². The largest absolute Gasteiger partial charge is 0.508 e. The summed E-state index contributed by atoms with van der Waals surface area (Å²) in [6, 6.07) is 20.8. The van der Waals surface area contributed by atoms with Crippen molar-refractivity contribution in [1.82, 2.24) is 4.57 Å². The number of para-hydroxylation sites is 1. The number of benzene rings is 3. The minimum Gasteiger partial charge on any atom is -0.508 e. The summed E-state index contributed by atoms with van der Waals surface area (Å²) in [5.41, 5.74) is 3.27. The second-order valence-electron chi connectivity index (χ2n) is 7.31. The maximum Gasteiger partial charge on any atom is 0.235 e. The second-order valence-corrected chi connectivity index (χ2v) is 7.31. The third-order valence-corrected chi connectivity index (χ3v) is 5.33. The summed E-state index contributed by atoms with van der Waals surface area (Å²) in [6.07, 6.45) is 4.60. The van der Waals surface area contributed by atoms with Crippen molar-refractivity contribution in [2.45, 2.75) is 13.0 Å².